The van der Waals surface area contributed by atoms with Gasteiger partial charge in [0.05, 0.1) is 24.8 Å². The molecule has 1 aliphatic heterocycles. The lowest BCUT2D eigenvalue weighted by molar-refractivity contribution is 0.0162. The number of ether oxygens (including phenoxy) is 1. The maximum Gasteiger partial charge on any atom is 0.254 e. The zero-order valence-electron chi connectivity index (χ0n) is 14.7. The molecule has 1 fully saturated rings. The number of morpholine rings is 1. The summed E-state index contributed by atoms with van der Waals surface area (Å²) in [6.45, 7) is 5.09. The Balaban J connectivity index is 1.75. The molecule has 2 aromatic carbocycles. The molecular formula is C20H22F2N2O2. The van der Waals surface area contributed by atoms with E-state index in [1.54, 1.807) is 0 Å². The molecule has 4 nitrogen and oxygen atoms in total. The topological polar surface area (TPSA) is 41.6 Å². The molecule has 138 valence electrons. The average molecular weight is 360 g/mol. The van der Waals surface area contributed by atoms with Crippen LogP contribution in [0, 0.1) is 18.6 Å². The van der Waals surface area contributed by atoms with Crippen LogP contribution in [-0.2, 0) is 4.74 Å². The van der Waals surface area contributed by atoms with E-state index in [1.165, 1.54) is 0 Å². The van der Waals surface area contributed by atoms with Gasteiger partial charge < -0.3 is 10.1 Å². The Kier molecular flexibility index (Phi) is 5.96. The van der Waals surface area contributed by atoms with Crippen LogP contribution in [0.5, 0.6) is 0 Å². The molecule has 0 aliphatic carbocycles. The number of carbonyl (C=O) groups is 1. The van der Waals surface area contributed by atoms with Crippen molar-refractivity contribution in [3.63, 3.8) is 0 Å². The molecule has 0 radical (unpaired) electrons. The monoisotopic (exact) mass is 360 g/mol. The van der Waals surface area contributed by atoms with Crippen molar-refractivity contribution >= 4 is 5.91 Å². The standard InChI is InChI=1S/C20H22F2N2O2/c1-14-2-4-15(5-3-14)19(24-8-10-26-11-9-24)13-23-20(25)17-12-16(21)6-7-18(17)22/h2-7,12,19H,8-11,13H2,1H3,(H,23,25). The Bertz CT molecular complexity index is 759. The summed E-state index contributed by atoms with van der Waals surface area (Å²) < 4.78 is 32.6. The summed E-state index contributed by atoms with van der Waals surface area (Å²) in [6, 6.07) is 10.9. The molecule has 1 aliphatic rings. The maximum absolute atomic E-state index is 13.8. The highest BCUT2D eigenvalue weighted by Gasteiger charge is 2.24. The van der Waals surface area contributed by atoms with E-state index in [0.717, 1.165) is 42.4 Å². The molecule has 1 unspecified atom stereocenters. The number of amides is 1. The lowest BCUT2D eigenvalue weighted by Gasteiger charge is -2.35. The Morgan fingerprint density at radius 3 is 2.54 bits per heavy atom. The molecule has 1 atom stereocenters. The zero-order valence-corrected chi connectivity index (χ0v) is 14.7. The van der Waals surface area contributed by atoms with Crippen molar-refractivity contribution in [2.24, 2.45) is 0 Å². The van der Waals surface area contributed by atoms with E-state index in [2.05, 4.69) is 10.2 Å². The Morgan fingerprint density at radius 2 is 1.85 bits per heavy atom. The first kappa shape index (κ1) is 18.5. The minimum atomic E-state index is -0.734. The molecule has 1 amide bonds. The average Bonchev–Trinajstić information content (AvgIpc) is 2.66. The Hall–Kier alpha value is -2.31. The molecule has 0 saturated carbocycles. The summed E-state index contributed by atoms with van der Waals surface area (Å²) in [7, 11) is 0. The van der Waals surface area contributed by atoms with E-state index < -0.39 is 17.5 Å². The summed E-state index contributed by atoms with van der Waals surface area (Å²) in [5.41, 5.74) is 1.94. The Morgan fingerprint density at radius 1 is 1.15 bits per heavy atom. The molecule has 1 saturated heterocycles. The van der Waals surface area contributed by atoms with Gasteiger partial charge in [0.2, 0.25) is 0 Å². The van der Waals surface area contributed by atoms with Gasteiger partial charge >= 0.3 is 0 Å². The number of halogens is 2. The SMILES string of the molecule is Cc1ccc(C(CNC(=O)c2cc(F)ccc2F)N2CCOCC2)cc1. The van der Waals surface area contributed by atoms with Crippen LogP contribution in [0.25, 0.3) is 0 Å². The fraction of sp³-hybridized carbons (Fsp3) is 0.350. The van der Waals surface area contributed by atoms with Gasteiger partial charge in [0, 0.05) is 19.6 Å². The largest absolute Gasteiger partial charge is 0.379 e. The van der Waals surface area contributed by atoms with Crippen molar-refractivity contribution in [3.8, 4) is 0 Å². The van der Waals surface area contributed by atoms with Crippen LogP contribution in [0.15, 0.2) is 42.5 Å². The number of benzene rings is 2. The molecule has 0 spiro atoms. The van der Waals surface area contributed by atoms with Gasteiger partial charge in [0.15, 0.2) is 0 Å². The summed E-state index contributed by atoms with van der Waals surface area (Å²) in [5.74, 6) is -1.99. The highest BCUT2D eigenvalue weighted by molar-refractivity contribution is 5.94. The molecule has 0 bridgehead atoms. The minimum Gasteiger partial charge on any atom is -0.379 e. The zero-order chi connectivity index (χ0) is 18.5. The van der Waals surface area contributed by atoms with E-state index in [4.69, 9.17) is 4.74 Å². The quantitative estimate of drug-likeness (QED) is 0.891. The van der Waals surface area contributed by atoms with Gasteiger partial charge in [-0.2, -0.15) is 0 Å². The number of carbonyl (C=O) groups excluding carboxylic acids is 1. The number of nitrogens with one attached hydrogen (secondary N) is 1. The lowest BCUT2D eigenvalue weighted by atomic mass is 10.0. The number of hydrogen-bond donors (Lipinski definition) is 1. The molecule has 2 aromatic rings. The summed E-state index contributed by atoms with van der Waals surface area (Å²) in [4.78, 5) is 14.6. The second-order valence-electron chi connectivity index (χ2n) is 6.41. The predicted molar refractivity (Wildman–Crippen MR) is 95.0 cm³/mol. The van der Waals surface area contributed by atoms with Crippen molar-refractivity contribution < 1.29 is 18.3 Å². The van der Waals surface area contributed by atoms with E-state index in [1.807, 2.05) is 31.2 Å². The second-order valence-corrected chi connectivity index (χ2v) is 6.41. The first-order chi connectivity index (χ1) is 12.5. The van der Waals surface area contributed by atoms with E-state index >= 15 is 0 Å². The van der Waals surface area contributed by atoms with Crippen LogP contribution in [0.4, 0.5) is 8.78 Å². The molecule has 26 heavy (non-hydrogen) atoms. The predicted octanol–water partition coefficient (Wildman–Crippen LogP) is 3.08. The Labute approximate surface area is 151 Å². The van der Waals surface area contributed by atoms with Crippen LogP contribution < -0.4 is 5.32 Å². The van der Waals surface area contributed by atoms with Gasteiger partial charge in [-0.15, -0.1) is 0 Å². The van der Waals surface area contributed by atoms with Crippen LogP contribution in [-0.4, -0.2) is 43.7 Å². The second kappa shape index (κ2) is 8.38. The summed E-state index contributed by atoms with van der Waals surface area (Å²) >= 11 is 0. The van der Waals surface area contributed by atoms with Gasteiger partial charge in [-0.05, 0) is 30.7 Å². The molecule has 1 N–H and O–H groups in total. The smallest absolute Gasteiger partial charge is 0.254 e. The van der Waals surface area contributed by atoms with Gasteiger partial charge in [-0.1, -0.05) is 29.8 Å². The number of aryl methyl sites for hydroxylation is 1. The molecule has 0 aromatic heterocycles. The molecule has 6 heteroatoms. The summed E-state index contributed by atoms with van der Waals surface area (Å²) in [6.07, 6.45) is 0. The van der Waals surface area contributed by atoms with Crippen LogP contribution in [0.2, 0.25) is 0 Å². The van der Waals surface area contributed by atoms with E-state index in [-0.39, 0.29) is 11.6 Å². The first-order valence-electron chi connectivity index (χ1n) is 8.66. The van der Waals surface area contributed by atoms with Crippen molar-refractivity contribution in [1.82, 2.24) is 10.2 Å². The highest BCUT2D eigenvalue weighted by atomic mass is 19.1. The van der Waals surface area contributed by atoms with Crippen molar-refractivity contribution in [3.05, 3.63) is 70.8 Å². The van der Waals surface area contributed by atoms with Gasteiger partial charge in [-0.25, -0.2) is 8.78 Å². The van der Waals surface area contributed by atoms with Gasteiger partial charge in [0.25, 0.3) is 5.91 Å². The van der Waals surface area contributed by atoms with Crippen molar-refractivity contribution in [2.45, 2.75) is 13.0 Å². The third-order valence-electron chi connectivity index (χ3n) is 4.58. The molecule has 1 heterocycles. The van der Waals surface area contributed by atoms with Crippen molar-refractivity contribution in [1.29, 1.82) is 0 Å². The fourth-order valence-electron chi connectivity index (χ4n) is 3.09. The third-order valence-corrected chi connectivity index (χ3v) is 4.58. The molecular weight excluding hydrogens is 338 g/mol. The van der Waals surface area contributed by atoms with Gasteiger partial charge in [0.1, 0.15) is 11.6 Å². The van der Waals surface area contributed by atoms with Crippen LogP contribution in [0.3, 0.4) is 0 Å². The minimum absolute atomic E-state index is 0.0555. The number of nitrogens with zero attached hydrogens (tertiary/aromatic N) is 1. The van der Waals surface area contributed by atoms with Crippen LogP contribution in [0.1, 0.15) is 27.5 Å². The normalized spacial score (nSPS) is 16.3. The fourth-order valence-corrected chi connectivity index (χ4v) is 3.09. The number of hydrogen-bond acceptors (Lipinski definition) is 3. The van der Waals surface area contributed by atoms with Crippen molar-refractivity contribution in [2.75, 3.05) is 32.8 Å². The maximum atomic E-state index is 13.8. The summed E-state index contributed by atoms with van der Waals surface area (Å²) in [5, 5.41) is 2.75. The van der Waals surface area contributed by atoms with E-state index in [0.29, 0.717) is 19.8 Å². The lowest BCUT2D eigenvalue weighted by Crippen LogP contribution is -2.44. The van der Waals surface area contributed by atoms with Crippen LogP contribution >= 0.6 is 0 Å². The van der Waals surface area contributed by atoms with E-state index in [9.17, 15) is 13.6 Å². The first-order valence-corrected chi connectivity index (χ1v) is 8.66. The van der Waals surface area contributed by atoms with Gasteiger partial charge in [-0.3, -0.25) is 9.69 Å². The number of rotatable bonds is 5. The molecule has 3 rings (SSSR count). The third kappa shape index (κ3) is 4.45. The highest BCUT2D eigenvalue weighted by Crippen LogP contribution is 2.22.